The van der Waals surface area contributed by atoms with Crippen LogP contribution >= 0.6 is 0 Å². The van der Waals surface area contributed by atoms with Gasteiger partial charge in [0.2, 0.25) is 0 Å². The van der Waals surface area contributed by atoms with Crippen LogP contribution in [0.25, 0.3) is 0 Å². The van der Waals surface area contributed by atoms with Crippen molar-refractivity contribution in [1.29, 1.82) is 0 Å². The van der Waals surface area contributed by atoms with Crippen molar-refractivity contribution in [2.24, 2.45) is 11.8 Å². The van der Waals surface area contributed by atoms with Crippen LogP contribution < -0.4 is 0 Å². The number of hydrogen-bond acceptors (Lipinski definition) is 0. The molecule has 0 aromatic heterocycles. The third-order valence-corrected chi connectivity index (χ3v) is 1.50. The second-order valence-electron chi connectivity index (χ2n) is 2.15. The van der Waals surface area contributed by atoms with Gasteiger partial charge in [-0.05, 0) is 5.92 Å². The van der Waals surface area contributed by atoms with Crippen molar-refractivity contribution in [3.05, 3.63) is 25.3 Å². The summed E-state index contributed by atoms with van der Waals surface area (Å²) in [7, 11) is 0. The summed E-state index contributed by atoms with van der Waals surface area (Å²) in [6.45, 7) is 13.1. The van der Waals surface area contributed by atoms with Gasteiger partial charge in [0.25, 0.3) is 0 Å². The van der Waals surface area contributed by atoms with Gasteiger partial charge in [-0.3, -0.25) is 6.08 Å². The van der Waals surface area contributed by atoms with Gasteiger partial charge in [0.15, 0.2) is 0 Å². The summed E-state index contributed by atoms with van der Waals surface area (Å²) in [4.78, 5) is 0. The quantitative estimate of drug-likeness (QED) is 0.482. The maximum absolute atomic E-state index is 5.28. The first-order valence-corrected chi connectivity index (χ1v) is 2.90. The van der Waals surface area contributed by atoms with Gasteiger partial charge in [0, 0.05) is 32.7 Å². The fraction of sp³-hybridized carbons (Fsp3) is 0.500. The number of allylic oxidation sites excluding steroid dienone is 2. The molecule has 1 radical (unpaired) electrons. The molecule has 0 heterocycles. The average molecular weight is 198 g/mol. The van der Waals surface area contributed by atoms with E-state index in [1.165, 1.54) is 0 Å². The van der Waals surface area contributed by atoms with E-state index in [0.29, 0.717) is 11.8 Å². The molecule has 2 atom stereocenters. The van der Waals surface area contributed by atoms with E-state index >= 15 is 0 Å². The largest absolute Gasteiger partial charge is 0.518 e. The van der Waals surface area contributed by atoms with Gasteiger partial charge in [-0.25, -0.2) is 0 Å². The first kappa shape index (κ1) is 12.3. The van der Waals surface area contributed by atoms with Crippen molar-refractivity contribution in [2.75, 3.05) is 0 Å². The van der Waals surface area contributed by atoms with Crippen LogP contribution in [0.4, 0.5) is 0 Å². The van der Waals surface area contributed by atoms with Crippen molar-refractivity contribution in [2.45, 2.75) is 13.8 Å². The van der Waals surface area contributed by atoms with Crippen LogP contribution in [0.3, 0.4) is 0 Å². The predicted molar refractivity (Wildman–Crippen MR) is 37.4 cm³/mol. The number of rotatable bonds is 3. The molecule has 0 bridgehead atoms. The van der Waals surface area contributed by atoms with Gasteiger partial charge in [-0.2, -0.15) is 0 Å². The van der Waals surface area contributed by atoms with E-state index in [1.807, 2.05) is 6.08 Å². The van der Waals surface area contributed by atoms with Crippen LogP contribution in [0.1, 0.15) is 13.8 Å². The Hall–Kier alpha value is 0.584. The van der Waals surface area contributed by atoms with Crippen LogP contribution in [0.15, 0.2) is 18.7 Å². The zero-order valence-corrected chi connectivity index (χ0v) is 9.01. The summed E-state index contributed by atoms with van der Waals surface area (Å²) >= 11 is 0. The summed E-state index contributed by atoms with van der Waals surface area (Å²) in [6, 6.07) is 0. The second kappa shape index (κ2) is 6.70. The molecule has 9 heavy (non-hydrogen) atoms. The molecule has 0 rings (SSSR count). The summed E-state index contributed by atoms with van der Waals surface area (Å²) in [5.41, 5.74) is 0. The third-order valence-electron chi connectivity index (χ3n) is 1.50. The fourth-order valence-corrected chi connectivity index (χ4v) is 0.390. The van der Waals surface area contributed by atoms with E-state index < -0.39 is 0 Å². The molecule has 0 aromatic carbocycles. The molecular weight excluding hydrogens is 185 g/mol. The Morgan fingerprint density at radius 1 is 1.33 bits per heavy atom. The molecule has 49 valence electrons. The Morgan fingerprint density at radius 3 is 1.89 bits per heavy atom. The molecule has 0 fully saturated rings. The Bertz CT molecular complexity index is 74.6. The molecule has 0 aliphatic heterocycles. The predicted octanol–water partition coefficient (Wildman–Crippen LogP) is 2.43. The summed E-state index contributed by atoms with van der Waals surface area (Å²) in [6.07, 6.45) is 3.61. The third kappa shape index (κ3) is 5.05. The van der Waals surface area contributed by atoms with E-state index in [0.717, 1.165) is 0 Å². The van der Waals surface area contributed by atoms with Crippen LogP contribution in [-0.2, 0) is 32.7 Å². The van der Waals surface area contributed by atoms with E-state index in [1.54, 1.807) is 6.08 Å². The molecule has 0 aliphatic carbocycles. The Kier molecular flexibility index (Phi) is 9.14. The molecule has 1 heteroatoms. The van der Waals surface area contributed by atoms with E-state index in [-0.39, 0.29) is 32.7 Å². The molecule has 0 aliphatic rings. The van der Waals surface area contributed by atoms with Crippen LogP contribution in [0.2, 0.25) is 0 Å². The molecule has 0 unspecified atom stereocenters. The monoisotopic (exact) mass is 198 g/mol. The van der Waals surface area contributed by atoms with E-state index in [4.69, 9.17) is 6.58 Å². The number of hydrogen-bond donors (Lipinski definition) is 0. The zero-order chi connectivity index (χ0) is 6.57. The first-order chi connectivity index (χ1) is 3.72. The summed E-state index contributed by atoms with van der Waals surface area (Å²) in [5, 5.41) is 0. The molecule has 0 spiro atoms. The van der Waals surface area contributed by atoms with E-state index in [2.05, 4.69) is 20.4 Å². The molecule has 0 nitrogen and oxygen atoms in total. The van der Waals surface area contributed by atoms with Gasteiger partial charge in [0.1, 0.15) is 0 Å². The van der Waals surface area contributed by atoms with Gasteiger partial charge >= 0.3 is 0 Å². The fourth-order valence-electron chi connectivity index (χ4n) is 0.390. The summed E-state index contributed by atoms with van der Waals surface area (Å²) in [5.74, 6) is 0.951. The van der Waals surface area contributed by atoms with Gasteiger partial charge in [0.05, 0.1) is 0 Å². The van der Waals surface area contributed by atoms with Crippen LogP contribution in [-0.4, -0.2) is 0 Å². The minimum Gasteiger partial charge on any atom is -0.518 e. The van der Waals surface area contributed by atoms with E-state index in [9.17, 15) is 0 Å². The van der Waals surface area contributed by atoms with Crippen molar-refractivity contribution in [3.8, 4) is 0 Å². The topological polar surface area (TPSA) is 0 Å². The molecule has 0 saturated heterocycles. The SMILES string of the molecule is [CH-]=C[C@H](C)[C@H](C)C=C.[Y]. The molecule has 0 aromatic rings. The smallest absolute Gasteiger partial charge is 0 e. The Morgan fingerprint density at radius 2 is 1.78 bits per heavy atom. The molecule has 0 saturated carbocycles. The van der Waals surface area contributed by atoms with Crippen LogP contribution in [0.5, 0.6) is 0 Å². The normalized spacial score (nSPS) is 14.9. The standard InChI is InChI=1S/C8H13.Y/c1-5-7(3)8(4)6-2;/h1,5-8H,2H2,3-4H3;/q-1;/t7-,8+;/m0./s1. The second-order valence-corrected chi connectivity index (χ2v) is 2.15. The maximum Gasteiger partial charge on any atom is 0 e. The minimum absolute atomic E-state index is 0. The molecule has 0 N–H and O–H groups in total. The zero-order valence-electron chi connectivity index (χ0n) is 6.17. The first-order valence-electron chi connectivity index (χ1n) is 2.90. The van der Waals surface area contributed by atoms with Crippen molar-refractivity contribution >= 4 is 0 Å². The van der Waals surface area contributed by atoms with Gasteiger partial charge < -0.3 is 6.58 Å². The van der Waals surface area contributed by atoms with Crippen molar-refractivity contribution < 1.29 is 32.7 Å². The van der Waals surface area contributed by atoms with Crippen molar-refractivity contribution in [3.63, 3.8) is 0 Å². The average Bonchev–Trinajstić information content (AvgIpc) is 1.84. The maximum atomic E-state index is 5.28. The van der Waals surface area contributed by atoms with Crippen molar-refractivity contribution in [1.82, 2.24) is 0 Å². The van der Waals surface area contributed by atoms with Crippen LogP contribution in [0, 0.1) is 18.4 Å². The Labute approximate surface area is 83.3 Å². The molecule has 0 amide bonds. The Balaban J connectivity index is 0. The van der Waals surface area contributed by atoms with Gasteiger partial charge in [-0.1, -0.05) is 25.8 Å². The summed E-state index contributed by atoms with van der Waals surface area (Å²) < 4.78 is 0. The molecular formula is C8H13Y-. The van der Waals surface area contributed by atoms with Gasteiger partial charge in [-0.15, -0.1) is 6.58 Å². The minimum atomic E-state index is 0.